The second-order valence-corrected chi connectivity index (χ2v) is 3.46. The average Bonchev–Trinajstić information content (AvgIpc) is 2.23. The standard InChI is InChI=1S/C14H12.W.Y/c1-11-8-9-14(10-12(11)2)13-6-4-3-5-7-13;;/h3-8H,1-2H3;;/q-2;;. The molecule has 0 unspecified atom stereocenters. The molecule has 0 spiro atoms. The molecule has 0 atom stereocenters. The molecule has 0 nitrogen and oxygen atoms in total. The predicted octanol–water partition coefficient (Wildman–Crippen LogP) is 3.57. The van der Waals surface area contributed by atoms with Gasteiger partial charge in [0.05, 0.1) is 0 Å². The first-order valence-corrected chi connectivity index (χ1v) is 4.74. The van der Waals surface area contributed by atoms with E-state index >= 15 is 0 Å². The summed E-state index contributed by atoms with van der Waals surface area (Å²) in [6.45, 7) is 4.16. The van der Waals surface area contributed by atoms with Crippen molar-refractivity contribution in [2.24, 2.45) is 0 Å². The summed E-state index contributed by atoms with van der Waals surface area (Å²) >= 11 is 0. The summed E-state index contributed by atoms with van der Waals surface area (Å²) in [7, 11) is 0. The van der Waals surface area contributed by atoms with Crippen molar-refractivity contribution in [3.05, 3.63) is 59.7 Å². The zero-order valence-electron chi connectivity index (χ0n) is 9.45. The molecule has 0 heterocycles. The van der Waals surface area contributed by atoms with Crippen molar-refractivity contribution in [3.63, 3.8) is 0 Å². The van der Waals surface area contributed by atoms with E-state index in [-0.39, 0.29) is 53.8 Å². The summed E-state index contributed by atoms with van der Waals surface area (Å²) in [5.74, 6) is 0. The Labute approximate surface area is 137 Å². The molecule has 2 heteroatoms. The molecular formula is C14H12WY-2. The van der Waals surface area contributed by atoms with Gasteiger partial charge in [0.1, 0.15) is 0 Å². The molecule has 0 aliphatic carbocycles. The Morgan fingerprint density at radius 2 is 1.62 bits per heavy atom. The van der Waals surface area contributed by atoms with E-state index in [0.29, 0.717) is 0 Å². The topological polar surface area (TPSA) is 0 Å². The van der Waals surface area contributed by atoms with E-state index in [0.717, 1.165) is 5.56 Å². The maximum absolute atomic E-state index is 3.34. The van der Waals surface area contributed by atoms with E-state index < -0.39 is 0 Å². The first-order chi connectivity index (χ1) is 6.77. The Balaban J connectivity index is 0.00000112. The molecule has 2 aromatic rings. The molecule has 0 fully saturated rings. The molecule has 0 amide bonds. The molecule has 0 N–H and O–H groups in total. The molecule has 2 rings (SSSR count). The molecule has 0 saturated heterocycles. The molecule has 0 aromatic heterocycles. The number of hydrogen-bond donors (Lipinski definition) is 0. The quantitative estimate of drug-likeness (QED) is 0.580. The average molecular weight is 453 g/mol. The van der Waals surface area contributed by atoms with Gasteiger partial charge in [-0.15, -0.1) is 19.1 Å². The third kappa shape index (κ3) is 3.91. The van der Waals surface area contributed by atoms with E-state index in [4.69, 9.17) is 0 Å². The largest absolute Gasteiger partial charge is 0.286 e. The maximum Gasteiger partial charge on any atom is 0 e. The van der Waals surface area contributed by atoms with E-state index in [1.165, 1.54) is 16.7 Å². The fourth-order valence-electron chi connectivity index (χ4n) is 1.37. The number of hydrogen-bond acceptors (Lipinski definition) is 0. The van der Waals surface area contributed by atoms with Gasteiger partial charge < -0.3 is 0 Å². The van der Waals surface area contributed by atoms with Gasteiger partial charge in [-0.25, -0.2) is 17.2 Å². The summed E-state index contributed by atoms with van der Waals surface area (Å²) in [4.78, 5) is 0. The van der Waals surface area contributed by atoms with Crippen LogP contribution in [0.3, 0.4) is 0 Å². The van der Waals surface area contributed by atoms with Crippen molar-refractivity contribution >= 4 is 0 Å². The van der Waals surface area contributed by atoms with Crippen LogP contribution in [0.5, 0.6) is 0 Å². The molecular weight excluding hydrogens is 441 g/mol. The van der Waals surface area contributed by atoms with Crippen LogP contribution in [-0.4, -0.2) is 0 Å². The molecule has 16 heavy (non-hydrogen) atoms. The van der Waals surface area contributed by atoms with Crippen molar-refractivity contribution in [3.8, 4) is 11.1 Å². The van der Waals surface area contributed by atoms with Crippen molar-refractivity contribution in [1.29, 1.82) is 0 Å². The van der Waals surface area contributed by atoms with Crippen LogP contribution in [0.15, 0.2) is 36.4 Å². The van der Waals surface area contributed by atoms with Gasteiger partial charge in [0.15, 0.2) is 0 Å². The Morgan fingerprint density at radius 3 is 2.19 bits per heavy atom. The fraction of sp³-hybridized carbons (Fsp3) is 0.143. The third-order valence-corrected chi connectivity index (χ3v) is 2.40. The van der Waals surface area contributed by atoms with Crippen LogP contribution in [0.4, 0.5) is 0 Å². The third-order valence-electron chi connectivity index (χ3n) is 2.40. The van der Waals surface area contributed by atoms with Crippen LogP contribution in [0.2, 0.25) is 0 Å². The molecule has 0 saturated carbocycles. The maximum atomic E-state index is 3.34. The van der Waals surface area contributed by atoms with Gasteiger partial charge in [0.25, 0.3) is 0 Å². The molecule has 0 aliphatic heterocycles. The van der Waals surface area contributed by atoms with Gasteiger partial charge in [0, 0.05) is 53.8 Å². The first kappa shape index (κ1) is 16.2. The van der Waals surface area contributed by atoms with E-state index in [9.17, 15) is 0 Å². The monoisotopic (exact) mass is 453 g/mol. The minimum absolute atomic E-state index is 0. The van der Waals surface area contributed by atoms with Crippen molar-refractivity contribution in [2.45, 2.75) is 13.8 Å². The fourth-order valence-corrected chi connectivity index (χ4v) is 1.37. The normalized spacial score (nSPS) is 8.88. The Kier molecular flexibility index (Phi) is 7.65. The summed E-state index contributed by atoms with van der Waals surface area (Å²) in [5.41, 5.74) is 4.66. The van der Waals surface area contributed by atoms with Crippen LogP contribution in [-0.2, 0) is 53.8 Å². The van der Waals surface area contributed by atoms with Crippen LogP contribution >= 0.6 is 0 Å². The van der Waals surface area contributed by atoms with Gasteiger partial charge in [-0.05, 0) is 0 Å². The zero-order chi connectivity index (χ0) is 9.97. The minimum atomic E-state index is 0. The van der Waals surface area contributed by atoms with E-state index in [1.807, 2.05) is 24.3 Å². The summed E-state index contributed by atoms with van der Waals surface area (Å²) < 4.78 is 0. The van der Waals surface area contributed by atoms with Crippen molar-refractivity contribution in [1.82, 2.24) is 0 Å². The Hall–Kier alpha value is 0.232. The zero-order valence-corrected chi connectivity index (χ0v) is 15.2. The van der Waals surface area contributed by atoms with E-state index in [2.05, 4.69) is 38.1 Å². The van der Waals surface area contributed by atoms with E-state index in [1.54, 1.807) is 0 Å². The Morgan fingerprint density at radius 1 is 1.00 bits per heavy atom. The summed E-state index contributed by atoms with van der Waals surface area (Å²) in [6.07, 6.45) is 0. The summed E-state index contributed by atoms with van der Waals surface area (Å²) in [5, 5.41) is 0. The molecule has 0 bridgehead atoms. The van der Waals surface area contributed by atoms with Gasteiger partial charge in [0.2, 0.25) is 0 Å². The number of rotatable bonds is 1. The molecule has 1 radical (unpaired) electrons. The van der Waals surface area contributed by atoms with Crippen LogP contribution < -0.4 is 0 Å². The molecule has 2 aromatic carbocycles. The predicted molar refractivity (Wildman–Crippen MR) is 59.0 cm³/mol. The van der Waals surface area contributed by atoms with Crippen LogP contribution in [0.25, 0.3) is 11.1 Å². The van der Waals surface area contributed by atoms with Crippen LogP contribution in [0, 0.1) is 26.0 Å². The van der Waals surface area contributed by atoms with Gasteiger partial charge in [-0.3, -0.25) is 17.7 Å². The molecule has 0 aliphatic rings. The first-order valence-electron chi connectivity index (χ1n) is 4.74. The smallest absolute Gasteiger partial charge is 0 e. The van der Waals surface area contributed by atoms with Gasteiger partial charge >= 0.3 is 0 Å². The Bertz CT molecular complexity index is 438. The van der Waals surface area contributed by atoms with Crippen LogP contribution in [0.1, 0.15) is 11.1 Å². The molecule has 79 valence electrons. The second kappa shape index (κ2) is 7.54. The number of aryl methyl sites for hydroxylation is 2. The summed E-state index contributed by atoms with van der Waals surface area (Å²) in [6, 6.07) is 18.8. The second-order valence-electron chi connectivity index (χ2n) is 3.46. The van der Waals surface area contributed by atoms with Crippen molar-refractivity contribution in [2.75, 3.05) is 0 Å². The van der Waals surface area contributed by atoms with Gasteiger partial charge in [-0.2, -0.15) is 5.56 Å². The SMILES string of the molecule is Cc1[c-]c(-c2ccccc2)[c-]cc1C.[W].[Y]. The van der Waals surface area contributed by atoms with Crippen molar-refractivity contribution < 1.29 is 53.8 Å². The number of benzene rings is 2. The van der Waals surface area contributed by atoms with Gasteiger partial charge in [-0.1, -0.05) is 25.1 Å². The minimum Gasteiger partial charge on any atom is -0.286 e.